The molecule has 1 aromatic heterocycles. The fraction of sp³-hybridized carbons (Fsp3) is 0.385. The summed E-state index contributed by atoms with van der Waals surface area (Å²) in [6.45, 7) is 0. The van der Waals surface area contributed by atoms with E-state index in [1.165, 1.54) is 25.0 Å². The van der Waals surface area contributed by atoms with Gasteiger partial charge in [0.1, 0.15) is 11.6 Å². The lowest BCUT2D eigenvalue weighted by molar-refractivity contribution is 0.0918. The SMILES string of the molecule is O=C(N[C@H](C1CC1)C1[C@H]2CC(Oc3ccnc4ccc(F)cc34)C[C@@H]12)c1ccc(Cl)cc1. The maximum Gasteiger partial charge on any atom is 0.251 e. The minimum absolute atomic E-state index is 0.0124. The highest BCUT2D eigenvalue weighted by Crippen LogP contribution is 2.62. The van der Waals surface area contributed by atoms with Crippen LogP contribution in [0, 0.1) is 29.5 Å². The van der Waals surface area contributed by atoms with Gasteiger partial charge in [-0.15, -0.1) is 0 Å². The van der Waals surface area contributed by atoms with Crippen molar-refractivity contribution in [2.45, 2.75) is 37.8 Å². The first-order valence-electron chi connectivity index (χ1n) is 11.3. The zero-order valence-electron chi connectivity index (χ0n) is 17.5. The maximum absolute atomic E-state index is 13.7. The van der Waals surface area contributed by atoms with E-state index in [0.717, 1.165) is 23.7 Å². The third-order valence-corrected chi connectivity index (χ3v) is 7.63. The molecule has 1 heterocycles. The van der Waals surface area contributed by atoms with Crippen LogP contribution in [0.4, 0.5) is 4.39 Å². The molecule has 6 rings (SSSR count). The molecule has 3 aromatic rings. The monoisotopic (exact) mass is 450 g/mol. The largest absolute Gasteiger partial charge is 0.490 e. The average Bonchev–Trinajstić information content (AvgIpc) is 3.70. The Balaban J connectivity index is 1.11. The predicted octanol–water partition coefficient (Wildman–Crippen LogP) is 5.64. The van der Waals surface area contributed by atoms with Crippen LogP contribution in [0.1, 0.15) is 36.0 Å². The van der Waals surface area contributed by atoms with E-state index in [4.69, 9.17) is 16.3 Å². The molecule has 164 valence electrons. The van der Waals surface area contributed by atoms with Crippen molar-refractivity contribution in [3.05, 3.63) is 71.1 Å². The number of carbonyl (C=O) groups is 1. The molecule has 32 heavy (non-hydrogen) atoms. The third kappa shape index (κ3) is 3.73. The summed E-state index contributed by atoms with van der Waals surface area (Å²) in [7, 11) is 0. The number of hydrogen-bond acceptors (Lipinski definition) is 3. The van der Waals surface area contributed by atoms with E-state index in [1.807, 2.05) is 6.07 Å². The van der Waals surface area contributed by atoms with Gasteiger partial charge in [0.05, 0.1) is 11.6 Å². The number of amides is 1. The van der Waals surface area contributed by atoms with Crippen LogP contribution in [0.2, 0.25) is 5.02 Å². The molecular formula is C26H24ClFN2O2. The number of benzene rings is 2. The van der Waals surface area contributed by atoms with Crippen LogP contribution in [0.5, 0.6) is 5.75 Å². The lowest BCUT2D eigenvalue weighted by Gasteiger charge is -2.23. The molecule has 2 unspecified atom stereocenters. The van der Waals surface area contributed by atoms with Crippen LogP contribution < -0.4 is 10.1 Å². The summed E-state index contributed by atoms with van der Waals surface area (Å²) in [5, 5.41) is 4.68. The number of ether oxygens (including phenoxy) is 1. The molecule has 3 saturated carbocycles. The second-order valence-corrected chi connectivity index (χ2v) is 9.87. The van der Waals surface area contributed by atoms with Gasteiger partial charge in [0.15, 0.2) is 0 Å². The average molecular weight is 451 g/mol. The summed E-state index contributed by atoms with van der Waals surface area (Å²) in [5.41, 5.74) is 1.40. The quantitative estimate of drug-likeness (QED) is 0.528. The summed E-state index contributed by atoms with van der Waals surface area (Å²) in [5.74, 6) is 2.70. The maximum atomic E-state index is 13.7. The van der Waals surface area contributed by atoms with Gasteiger partial charge in [0.25, 0.3) is 5.91 Å². The van der Waals surface area contributed by atoms with Crippen LogP contribution >= 0.6 is 11.6 Å². The smallest absolute Gasteiger partial charge is 0.251 e. The van der Waals surface area contributed by atoms with Crippen molar-refractivity contribution in [2.75, 3.05) is 0 Å². The Bertz CT molecular complexity index is 1170. The van der Waals surface area contributed by atoms with E-state index in [9.17, 15) is 9.18 Å². The van der Waals surface area contributed by atoms with E-state index in [-0.39, 0.29) is 23.9 Å². The number of pyridine rings is 1. The molecule has 6 heteroatoms. The van der Waals surface area contributed by atoms with Crippen molar-refractivity contribution in [1.82, 2.24) is 10.3 Å². The van der Waals surface area contributed by atoms with Crippen LogP contribution in [0.3, 0.4) is 0 Å². The number of nitrogens with one attached hydrogen (secondary N) is 1. The Morgan fingerprint density at radius 1 is 1.09 bits per heavy atom. The molecule has 5 atom stereocenters. The third-order valence-electron chi connectivity index (χ3n) is 7.37. The Morgan fingerprint density at radius 2 is 1.84 bits per heavy atom. The van der Waals surface area contributed by atoms with Gasteiger partial charge in [-0.1, -0.05) is 11.6 Å². The first kappa shape index (κ1) is 20.0. The number of hydrogen-bond donors (Lipinski definition) is 1. The molecule has 0 bridgehead atoms. The predicted molar refractivity (Wildman–Crippen MR) is 121 cm³/mol. The molecule has 3 fully saturated rings. The minimum Gasteiger partial charge on any atom is -0.490 e. The first-order valence-corrected chi connectivity index (χ1v) is 11.7. The molecule has 4 nitrogen and oxygen atoms in total. The van der Waals surface area contributed by atoms with Gasteiger partial charge in [0, 0.05) is 28.2 Å². The molecule has 2 aromatic carbocycles. The Hall–Kier alpha value is -2.66. The molecule has 1 amide bonds. The van der Waals surface area contributed by atoms with Crippen molar-refractivity contribution < 1.29 is 13.9 Å². The van der Waals surface area contributed by atoms with Gasteiger partial charge < -0.3 is 10.1 Å². The van der Waals surface area contributed by atoms with Crippen molar-refractivity contribution in [3.63, 3.8) is 0 Å². The summed E-state index contributed by atoms with van der Waals surface area (Å²) in [6.07, 6.45) is 6.18. The number of rotatable bonds is 6. The van der Waals surface area contributed by atoms with Gasteiger partial charge in [-0.2, -0.15) is 0 Å². The van der Waals surface area contributed by atoms with Crippen molar-refractivity contribution >= 4 is 28.4 Å². The highest BCUT2D eigenvalue weighted by molar-refractivity contribution is 6.30. The van der Waals surface area contributed by atoms with Crippen LogP contribution in [0.25, 0.3) is 10.9 Å². The summed E-state index contributed by atoms with van der Waals surface area (Å²) < 4.78 is 20.0. The molecule has 0 aliphatic heterocycles. The lowest BCUT2D eigenvalue weighted by atomic mass is 9.98. The van der Waals surface area contributed by atoms with Gasteiger partial charge in [-0.05, 0) is 97.9 Å². The van der Waals surface area contributed by atoms with Gasteiger partial charge in [-0.3, -0.25) is 9.78 Å². The van der Waals surface area contributed by atoms with Crippen molar-refractivity contribution in [2.24, 2.45) is 23.7 Å². The topological polar surface area (TPSA) is 51.2 Å². The Kier molecular flexibility index (Phi) is 4.83. The summed E-state index contributed by atoms with van der Waals surface area (Å²) in [6, 6.07) is 13.7. The highest BCUT2D eigenvalue weighted by atomic mass is 35.5. The number of carbonyl (C=O) groups excluding carboxylic acids is 1. The molecular weight excluding hydrogens is 427 g/mol. The fourth-order valence-corrected chi connectivity index (χ4v) is 5.79. The normalized spacial score (nSPS) is 27.1. The van der Waals surface area contributed by atoms with Crippen molar-refractivity contribution in [1.29, 1.82) is 0 Å². The molecule has 3 aliphatic rings. The number of fused-ring (bicyclic) bond motifs is 2. The van der Waals surface area contributed by atoms with E-state index >= 15 is 0 Å². The van der Waals surface area contributed by atoms with Crippen molar-refractivity contribution in [3.8, 4) is 5.75 Å². The second kappa shape index (κ2) is 7.73. The zero-order valence-corrected chi connectivity index (χ0v) is 18.3. The number of halogens is 2. The number of aromatic nitrogens is 1. The zero-order chi connectivity index (χ0) is 21.8. The Labute approximate surface area is 191 Å². The Morgan fingerprint density at radius 3 is 2.56 bits per heavy atom. The van der Waals surface area contributed by atoms with Gasteiger partial charge in [-0.25, -0.2) is 4.39 Å². The molecule has 0 radical (unpaired) electrons. The van der Waals surface area contributed by atoms with Gasteiger partial charge in [0.2, 0.25) is 0 Å². The molecule has 0 saturated heterocycles. The lowest BCUT2D eigenvalue weighted by Crippen LogP contribution is -2.39. The fourth-order valence-electron chi connectivity index (χ4n) is 5.67. The van der Waals surface area contributed by atoms with E-state index in [1.54, 1.807) is 36.5 Å². The van der Waals surface area contributed by atoms with E-state index in [0.29, 0.717) is 40.0 Å². The summed E-state index contributed by atoms with van der Waals surface area (Å²) in [4.78, 5) is 17.1. The van der Waals surface area contributed by atoms with Crippen LogP contribution in [0.15, 0.2) is 54.7 Å². The molecule has 0 spiro atoms. The van der Waals surface area contributed by atoms with E-state index in [2.05, 4.69) is 10.3 Å². The number of nitrogens with zero attached hydrogens (tertiary/aromatic N) is 1. The highest BCUT2D eigenvalue weighted by Gasteiger charge is 2.61. The standard InChI is InChI=1S/C26H24ClFN2O2/c27-16-5-3-15(4-6-16)26(31)30-25(14-1-2-14)24-19-12-18(13-20(19)24)32-23-9-10-29-22-8-7-17(28)11-21(22)23/h3-11,14,18-20,24-25H,1-2,12-13H2,(H,30,31)/t18?,19-,20+,24?,25-/m1/s1. The van der Waals surface area contributed by atoms with E-state index < -0.39 is 0 Å². The minimum atomic E-state index is -0.284. The van der Waals surface area contributed by atoms with Crippen LogP contribution in [-0.2, 0) is 0 Å². The second-order valence-electron chi connectivity index (χ2n) is 9.43. The molecule has 3 aliphatic carbocycles. The van der Waals surface area contributed by atoms with Crippen LogP contribution in [-0.4, -0.2) is 23.0 Å². The first-order chi connectivity index (χ1) is 15.6. The summed E-state index contributed by atoms with van der Waals surface area (Å²) >= 11 is 5.95. The molecule has 1 N–H and O–H groups in total. The van der Waals surface area contributed by atoms with Gasteiger partial charge >= 0.3 is 0 Å².